The van der Waals surface area contributed by atoms with Gasteiger partial charge in [0, 0.05) is 5.69 Å². The number of benzene rings is 1. The third kappa shape index (κ3) is 1.25. The maximum atomic E-state index is 10.8. The second-order valence-corrected chi connectivity index (χ2v) is 2.83. The molecule has 0 aliphatic heterocycles. The zero-order valence-electron chi connectivity index (χ0n) is 7.22. The lowest BCUT2D eigenvalue weighted by Crippen LogP contribution is -2.14. The van der Waals surface area contributed by atoms with Crippen molar-refractivity contribution in [2.75, 3.05) is 5.73 Å². The fourth-order valence-corrected chi connectivity index (χ4v) is 1.05. The molecule has 64 valence electrons. The summed E-state index contributed by atoms with van der Waals surface area (Å²) in [7, 11) is 0. The zero-order valence-corrected chi connectivity index (χ0v) is 7.22. The summed E-state index contributed by atoms with van der Waals surface area (Å²) in [4.78, 5) is 10.8. The Kier molecular flexibility index (Phi) is 2.04. The summed E-state index contributed by atoms with van der Waals surface area (Å²) in [5.74, 6) is -0.476. The molecule has 0 saturated carbocycles. The van der Waals surface area contributed by atoms with Gasteiger partial charge in [-0.1, -0.05) is 6.07 Å². The highest BCUT2D eigenvalue weighted by Gasteiger charge is 2.08. The highest BCUT2D eigenvalue weighted by Crippen LogP contribution is 2.19. The van der Waals surface area contributed by atoms with Crippen LogP contribution >= 0.6 is 0 Å². The lowest BCUT2D eigenvalue weighted by atomic mass is 10.0. The molecule has 0 aliphatic carbocycles. The number of anilines is 1. The summed E-state index contributed by atoms with van der Waals surface area (Å²) in [6.45, 7) is 3.81. The Morgan fingerprint density at radius 3 is 2.42 bits per heavy atom. The standard InChI is InChI=1S/C9H12N2O/c1-5-3-4-7(9(11)12)8(10)6(5)2/h3-4H,10H2,1-2H3,(H2,11,12). The van der Waals surface area contributed by atoms with Crippen molar-refractivity contribution >= 4 is 11.6 Å². The maximum absolute atomic E-state index is 10.8. The first-order chi connectivity index (χ1) is 5.54. The monoisotopic (exact) mass is 164 g/mol. The quantitative estimate of drug-likeness (QED) is 0.607. The van der Waals surface area contributed by atoms with E-state index in [0.717, 1.165) is 11.1 Å². The van der Waals surface area contributed by atoms with Crippen molar-refractivity contribution in [3.05, 3.63) is 28.8 Å². The Hall–Kier alpha value is -1.51. The number of primary amides is 1. The number of carbonyl (C=O) groups excluding carboxylic acids is 1. The second kappa shape index (κ2) is 2.85. The van der Waals surface area contributed by atoms with Crippen LogP contribution in [0.25, 0.3) is 0 Å². The van der Waals surface area contributed by atoms with Crippen LogP contribution < -0.4 is 11.5 Å². The fourth-order valence-electron chi connectivity index (χ4n) is 1.05. The number of amides is 1. The molecule has 1 amide bonds. The molecule has 0 aromatic heterocycles. The minimum atomic E-state index is -0.476. The smallest absolute Gasteiger partial charge is 0.250 e. The summed E-state index contributed by atoms with van der Waals surface area (Å²) in [5.41, 5.74) is 13.7. The highest BCUT2D eigenvalue weighted by molar-refractivity contribution is 5.98. The van der Waals surface area contributed by atoms with E-state index in [1.807, 2.05) is 19.9 Å². The van der Waals surface area contributed by atoms with Gasteiger partial charge in [0.25, 0.3) is 5.91 Å². The van der Waals surface area contributed by atoms with E-state index in [2.05, 4.69) is 0 Å². The van der Waals surface area contributed by atoms with Crippen molar-refractivity contribution in [2.24, 2.45) is 5.73 Å². The molecule has 12 heavy (non-hydrogen) atoms. The second-order valence-electron chi connectivity index (χ2n) is 2.83. The zero-order chi connectivity index (χ0) is 9.30. The average Bonchev–Trinajstić information content (AvgIpc) is 2.00. The summed E-state index contributed by atoms with van der Waals surface area (Å²) in [6, 6.07) is 3.49. The number of nitrogen functional groups attached to an aromatic ring is 1. The lowest BCUT2D eigenvalue weighted by molar-refractivity contribution is 0.100. The van der Waals surface area contributed by atoms with E-state index < -0.39 is 5.91 Å². The topological polar surface area (TPSA) is 69.1 Å². The van der Waals surface area contributed by atoms with E-state index in [1.54, 1.807) is 6.07 Å². The van der Waals surface area contributed by atoms with Gasteiger partial charge in [-0.2, -0.15) is 0 Å². The van der Waals surface area contributed by atoms with Crippen LogP contribution in [-0.2, 0) is 0 Å². The third-order valence-electron chi connectivity index (χ3n) is 2.05. The number of aryl methyl sites for hydroxylation is 1. The molecule has 0 atom stereocenters. The molecular formula is C9H12N2O. The van der Waals surface area contributed by atoms with E-state index in [1.165, 1.54) is 0 Å². The average molecular weight is 164 g/mol. The van der Waals surface area contributed by atoms with Crippen LogP contribution in [-0.4, -0.2) is 5.91 Å². The summed E-state index contributed by atoms with van der Waals surface area (Å²) < 4.78 is 0. The number of rotatable bonds is 1. The minimum Gasteiger partial charge on any atom is -0.398 e. The normalized spacial score (nSPS) is 9.83. The predicted octanol–water partition coefficient (Wildman–Crippen LogP) is 0.985. The highest BCUT2D eigenvalue weighted by atomic mass is 16.1. The molecule has 0 spiro atoms. The molecule has 1 aromatic rings. The first-order valence-electron chi connectivity index (χ1n) is 3.69. The van der Waals surface area contributed by atoms with Gasteiger partial charge in [-0.05, 0) is 31.0 Å². The maximum Gasteiger partial charge on any atom is 0.250 e. The Bertz CT molecular complexity index is 332. The minimum absolute atomic E-state index is 0.401. The lowest BCUT2D eigenvalue weighted by Gasteiger charge is -2.07. The summed E-state index contributed by atoms with van der Waals surface area (Å²) in [6.07, 6.45) is 0. The summed E-state index contributed by atoms with van der Waals surface area (Å²) in [5, 5.41) is 0. The van der Waals surface area contributed by atoms with Crippen molar-refractivity contribution < 1.29 is 4.79 Å². The largest absolute Gasteiger partial charge is 0.398 e. The number of hydrogen-bond acceptors (Lipinski definition) is 2. The van der Waals surface area contributed by atoms with E-state index in [0.29, 0.717) is 11.3 Å². The van der Waals surface area contributed by atoms with Crippen molar-refractivity contribution in [3.63, 3.8) is 0 Å². The molecule has 0 radical (unpaired) electrons. The van der Waals surface area contributed by atoms with Gasteiger partial charge < -0.3 is 11.5 Å². The summed E-state index contributed by atoms with van der Waals surface area (Å²) >= 11 is 0. The van der Waals surface area contributed by atoms with Crippen LogP contribution in [0.3, 0.4) is 0 Å². The molecule has 4 N–H and O–H groups in total. The molecule has 0 unspecified atom stereocenters. The predicted molar refractivity (Wildman–Crippen MR) is 48.8 cm³/mol. The molecule has 0 bridgehead atoms. The van der Waals surface area contributed by atoms with Crippen LogP contribution in [0.1, 0.15) is 21.5 Å². The van der Waals surface area contributed by atoms with Gasteiger partial charge in [0.1, 0.15) is 0 Å². The van der Waals surface area contributed by atoms with E-state index in [4.69, 9.17) is 11.5 Å². The molecular weight excluding hydrogens is 152 g/mol. The molecule has 0 fully saturated rings. The molecule has 0 saturated heterocycles. The van der Waals surface area contributed by atoms with Crippen molar-refractivity contribution in [1.82, 2.24) is 0 Å². The van der Waals surface area contributed by atoms with Crippen molar-refractivity contribution in [1.29, 1.82) is 0 Å². The van der Waals surface area contributed by atoms with E-state index in [-0.39, 0.29) is 0 Å². The third-order valence-corrected chi connectivity index (χ3v) is 2.05. The van der Waals surface area contributed by atoms with Crippen LogP contribution in [0.2, 0.25) is 0 Å². The molecule has 1 rings (SSSR count). The van der Waals surface area contributed by atoms with Gasteiger partial charge >= 0.3 is 0 Å². The van der Waals surface area contributed by atoms with Crippen molar-refractivity contribution in [3.8, 4) is 0 Å². The molecule has 1 aromatic carbocycles. The molecule has 3 nitrogen and oxygen atoms in total. The Labute approximate surface area is 71.4 Å². The van der Waals surface area contributed by atoms with Gasteiger partial charge in [0.05, 0.1) is 5.56 Å². The first kappa shape index (κ1) is 8.59. The Morgan fingerprint density at radius 1 is 1.33 bits per heavy atom. The van der Waals surface area contributed by atoms with Gasteiger partial charge in [0.15, 0.2) is 0 Å². The van der Waals surface area contributed by atoms with Gasteiger partial charge in [-0.15, -0.1) is 0 Å². The van der Waals surface area contributed by atoms with Gasteiger partial charge in [-0.25, -0.2) is 0 Å². The van der Waals surface area contributed by atoms with Crippen LogP contribution in [0.15, 0.2) is 12.1 Å². The Balaban J connectivity index is 3.36. The van der Waals surface area contributed by atoms with Crippen LogP contribution in [0.4, 0.5) is 5.69 Å². The Morgan fingerprint density at radius 2 is 1.92 bits per heavy atom. The first-order valence-corrected chi connectivity index (χ1v) is 3.69. The van der Waals surface area contributed by atoms with Gasteiger partial charge in [0.2, 0.25) is 0 Å². The van der Waals surface area contributed by atoms with E-state index >= 15 is 0 Å². The van der Waals surface area contributed by atoms with E-state index in [9.17, 15) is 4.79 Å². The van der Waals surface area contributed by atoms with Crippen LogP contribution in [0, 0.1) is 13.8 Å². The van der Waals surface area contributed by atoms with Gasteiger partial charge in [-0.3, -0.25) is 4.79 Å². The molecule has 3 heteroatoms. The number of nitrogens with two attached hydrogens (primary N) is 2. The number of hydrogen-bond donors (Lipinski definition) is 2. The number of carbonyl (C=O) groups is 1. The molecule has 0 heterocycles. The molecule has 0 aliphatic rings. The fraction of sp³-hybridized carbons (Fsp3) is 0.222. The van der Waals surface area contributed by atoms with Crippen molar-refractivity contribution in [2.45, 2.75) is 13.8 Å². The van der Waals surface area contributed by atoms with Crippen LogP contribution in [0.5, 0.6) is 0 Å². The SMILES string of the molecule is Cc1ccc(C(N)=O)c(N)c1C.